The standard InChI is InChI=1S/C14H19N3O4/c1-16-8-13(18)17(14(16)19)7-11(15)10-6-9(20-2)4-5-12(10)21-3/h4-6,11H,7-8,15H2,1-3H3. The Morgan fingerprint density at radius 2 is 2.00 bits per heavy atom. The zero-order chi connectivity index (χ0) is 15.6. The molecule has 1 aromatic carbocycles. The highest BCUT2D eigenvalue weighted by Gasteiger charge is 2.35. The molecule has 7 nitrogen and oxygen atoms in total. The number of carbonyl (C=O) groups excluding carboxylic acids is 2. The minimum atomic E-state index is -0.547. The molecule has 2 rings (SSSR count). The largest absolute Gasteiger partial charge is 0.497 e. The van der Waals surface area contributed by atoms with Crippen LogP contribution in [0.1, 0.15) is 11.6 Å². The molecule has 0 aromatic heterocycles. The van der Waals surface area contributed by atoms with Crippen LogP contribution < -0.4 is 15.2 Å². The Balaban J connectivity index is 2.22. The second-order valence-corrected chi connectivity index (χ2v) is 4.86. The Labute approximate surface area is 123 Å². The Bertz CT molecular complexity index is 561. The maximum atomic E-state index is 11.9. The number of amides is 3. The van der Waals surface area contributed by atoms with Crippen molar-refractivity contribution in [3.63, 3.8) is 0 Å². The van der Waals surface area contributed by atoms with E-state index < -0.39 is 6.04 Å². The van der Waals surface area contributed by atoms with Crippen LogP contribution >= 0.6 is 0 Å². The maximum absolute atomic E-state index is 11.9. The highest BCUT2D eigenvalue weighted by Crippen LogP contribution is 2.29. The lowest BCUT2D eigenvalue weighted by Crippen LogP contribution is -2.37. The number of hydrogen-bond donors (Lipinski definition) is 1. The lowest BCUT2D eigenvalue weighted by atomic mass is 10.1. The van der Waals surface area contributed by atoms with Crippen molar-refractivity contribution in [1.29, 1.82) is 0 Å². The molecule has 1 unspecified atom stereocenters. The van der Waals surface area contributed by atoms with Gasteiger partial charge < -0.3 is 20.1 Å². The third-order valence-electron chi connectivity index (χ3n) is 3.45. The fraction of sp³-hybridized carbons (Fsp3) is 0.429. The lowest BCUT2D eigenvalue weighted by molar-refractivity contribution is -0.125. The van der Waals surface area contributed by atoms with Crippen LogP contribution in [0.15, 0.2) is 18.2 Å². The number of hydrogen-bond acceptors (Lipinski definition) is 5. The summed E-state index contributed by atoms with van der Waals surface area (Å²) >= 11 is 0. The zero-order valence-electron chi connectivity index (χ0n) is 12.3. The van der Waals surface area contributed by atoms with E-state index in [1.54, 1.807) is 32.4 Å². The van der Waals surface area contributed by atoms with Crippen molar-refractivity contribution in [2.45, 2.75) is 6.04 Å². The second-order valence-electron chi connectivity index (χ2n) is 4.86. The van der Waals surface area contributed by atoms with E-state index in [1.807, 2.05) is 0 Å². The molecular weight excluding hydrogens is 274 g/mol. The van der Waals surface area contributed by atoms with Crippen molar-refractivity contribution in [2.75, 3.05) is 34.4 Å². The molecule has 21 heavy (non-hydrogen) atoms. The molecule has 0 saturated carbocycles. The average molecular weight is 293 g/mol. The van der Waals surface area contributed by atoms with E-state index in [1.165, 1.54) is 12.0 Å². The molecule has 1 atom stereocenters. The second kappa shape index (κ2) is 6.01. The molecule has 114 valence electrons. The Hall–Kier alpha value is -2.28. The highest BCUT2D eigenvalue weighted by molar-refractivity contribution is 6.01. The highest BCUT2D eigenvalue weighted by atomic mass is 16.5. The molecule has 0 radical (unpaired) electrons. The SMILES string of the molecule is COc1ccc(OC)c(C(N)CN2C(=O)CN(C)C2=O)c1. The van der Waals surface area contributed by atoms with Crippen molar-refractivity contribution in [2.24, 2.45) is 5.73 Å². The Morgan fingerprint density at radius 1 is 1.29 bits per heavy atom. The van der Waals surface area contributed by atoms with E-state index in [4.69, 9.17) is 15.2 Å². The fourth-order valence-corrected chi connectivity index (χ4v) is 2.27. The summed E-state index contributed by atoms with van der Waals surface area (Å²) in [7, 11) is 4.68. The van der Waals surface area contributed by atoms with Crippen molar-refractivity contribution < 1.29 is 19.1 Å². The van der Waals surface area contributed by atoms with Gasteiger partial charge in [-0.1, -0.05) is 0 Å². The molecule has 0 bridgehead atoms. The first-order chi connectivity index (χ1) is 9.97. The molecular formula is C14H19N3O4. The molecule has 2 N–H and O–H groups in total. The van der Waals surface area contributed by atoms with Crippen LogP contribution in [0.4, 0.5) is 4.79 Å². The van der Waals surface area contributed by atoms with Gasteiger partial charge in [0.15, 0.2) is 0 Å². The normalized spacial score (nSPS) is 16.4. The first-order valence-corrected chi connectivity index (χ1v) is 6.51. The number of rotatable bonds is 5. The molecule has 0 aliphatic carbocycles. The molecule has 1 fully saturated rings. The van der Waals surface area contributed by atoms with Crippen molar-refractivity contribution in [1.82, 2.24) is 9.80 Å². The van der Waals surface area contributed by atoms with Crippen molar-refractivity contribution in [3.05, 3.63) is 23.8 Å². The van der Waals surface area contributed by atoms with Gasteiger partial charge in [0.05, 0.1) is 20.3 Å². The molecule has 1 aliphatic heterocycles. The summed E-state index contributed by atoms with van der Waals surface area (Å²) in [6, 6.07) is 4.37. The average Bonchev–Trinajstić information content (AvgIpc) is 2.72. The number of nitrogens with two attached hydrogens (primary N) is 1. The first kappa shape index (κ1) is 15.1. The molecule has 1 aromatic rings. The van der Waals surface area contributed by atoms with E-state index in [0.29, 0.717) is 17.1 Å². The van der Waals surface area contributed by atoms with Gasteiger partial charge in [0.2, 0.25) is 5.91 Å². The van der Waals surface area contributed by atoms with Crippen LogP contribution in [0, 0.1) is 0 Å². The molecule has 0 spiro atoms. The van der Waals surface area contributed by atoms with Gasteiger partial charge in [-0.15, -0.1) is 0 Å². The molecule has 1 aliphatic rings. The lowest BCUT2D eigenvalue weighted by Gasteiger charge is -2.21. The number of ether oxygens (including phenoxy) is 2. The Morgan fingerprint density at radius 3 is 2.52 bits per heavy atom. The molecule has 1 saturated heterocycles. The number of nitrogens with zero attached hydrogens (tertiary/aromatic N) is 2. The number of methoxy groups -OCH3 is 2. The Kier molecular flexibility index (Phi) is 4.32. The first-order valence-electron chi connectivity index (χ1n) is 6.51. The number of imide groups is 1. The summed E-state index contributed by atoms with van der Waals surface area (Å²) in [4.78, 5) is 26.2. The van der Waals surface area contributed by atoms with Crippen molar-refractivity contribution in [3.8, 4) is 11.5 Å². The van der Waals surface area contributed by atoms with Gasteiger partial charge in [0, 0.05) is 19.2 Å². The summed E-state index contributed by atoms with van der Waals surface area (Å²) in [6.07, 6.45) is 0. The number of benzene rings is 1. The smallest absolute Gasteiger partial charge is 0.327 e. The summed E-state index contributed by atoms with van der Waals surface area (Å²) in [5, 5.41) is 0. The third-order valence-corrected chi connectivity index (χ3v) is 3.45. The van der Waals surface area contributed by atoms with E-state index in [0.717, 1.165) is 4.90 Å². The summed E-state index contributed by atoms with van der Waals surface area (Å²) in [6.45, 7) is 0.187. The van der Waals surface area contributed by atoms with E-state index >= 15 is 0 Å². The fourth-order valence-electron chi connectivity index (χ4n) is 2.27. The van der Waals surface area contributed by atoms with Crippen LogP contribution in [0.2, 0.25) is 0 Å². The number of carbonyl (C=O) groups is 2. The van der Waals surface area contributed by atoms with Gasteiger partial charge in [-0.25, -0.2) is 4.79 Å². The number of likely N-dealkylation sites (N-methyl/N-ethyl adjacent to an activating group) is 1. The molecule has 3 amide bonds. The molecule has 1 heterocycles. The zero-order valence-corrected chi connectivity index (χ0v) is 12.3. The number of urea groups is 1. The summed E-state index contributed by atoms with van der Waals surface area (Å²) in [5.41, 5.74) is 6.83. The predicted molar refractivity (Wildman–Crippen MR) is 76.2 cm³/mol. The minimum Gasteiger partial charge on any atom is -0.497 e. The van der Waals surface area contributed by atoms with Gasteiger partial charge >= 0.3 is 6.03 Å². The quantitative estimate of drug-likeness (QED) is 0.803. The van der Waals surface area contributed by atoms with E-state index in [9.17, 15) is 9.59 Å². The van der Waals surface area contributed by atoms with Gasteiger partial charge in [-0.3, -0.25) is 9.69 Å². The minimum absolute atomic E-state index is 0.0841. The van der Waals surface area contributed by atoms with Gasteiger partial charge in [-0.05, 0) is 18.2 Å². The van der Waals surface area contributed by atoms with E-state index in [2.05, 4.69) is 0 Å². The monoisotopic (exact) mass is 293 g/mol. The van der Waals surface area contributed by atoms with Gasteiger partial charge in [0.1, 0.15) is 18.0 Å². The van der Waals surface area contributed by atoms with Crippen LogP contribution in [-0.4, -0.2) is 56.1 Å². The van der Waals surface area contributed by atoms with Crippen LogP contribution in [0.3, 0.4) is 0 Å². The predicted octanol–water partition coefficient (Wildman–Crippen LogP) is 0.598. The van der Waals surface area contributed by atoms with Gasteiger partial charge in [0.25, 0.3) is 0 Å². The van der Waals surface area contributed by atoms with Crippen LogP contribution in [0.25, 0.3) is 0 Å². The summed E-state index contributed by atoms with van der Waals surface area (Å²) in [5.74, 6) is 0.980. The molecule has 7 heteroatoms. The summed E-state index contributed by atoms with van der Waals surface area (Å²) < 4.78 is 10.4. The maximum Gasteiger partial charge on any atom is 0.327 e. The van der Waals surface area contributed by atoms with Gasteiger partial charge in [-0.2, -0.15) is 0 Å². The van der Waals surface area contributed by atoms with Crippen molar-refractivity contribution >= 4 is 11.9 Å². The van der Waals surface area contributed by atoms with Crippen LogP contribution in [-0.2, 0) is 4.79 Å². The van der Waals surface area contributed by atoms with Crippen LogP contribution in [0.5, 0.6) is 11.5 Å². The third kappa shape index (κ3) is 2.92. The van der Waals surface area contributed by atoms with E-state index in [-0.39, 0.29) is 25.0 Å². The topological polar surface area (TPSA) is 85.1 Å².